The molecule has 94 valence electrons. The van der Waals surface area contributed by atoms with Crippen molar-refractivity contribution in [2.75, 3.05) is 0 Å². The van der Waals surface area contributed by atoms with Gasteiger partial charge in [-0.05, 0) is 29.7 Å². The fourth-order valence-electron chi connectivity index (χ4n) is 3.81. The minimum Gasteiger partial charge on any atom is -0.296 e. The van der Waals surface area contributed by atoms with Gasteiger partial charge < -0.3 is 0 Å². The molecule has 0 radical (unpaired) electrons. The van der Waals surface area contributed by atoms with Gasteiger partial charge in [0.25, 0.3) is 0 Å². The summed E-state index contributed by atoms with van der Waals surface area (Å²) in [4.78, 5) is 23.8. The van der Waals surface area contributed by atoms with Crippen LogP contribution in [-0.4, -0.2) is 11.8 Å². The lowest BCUT2D eigenvalue weighted by atomic mass is 9.52. The van der Waals surface area contributed by atoms with E-state index in [0.717, 1.165) is 18.4 Å². The highest BCUT2D eigenvalue weighted by atomic mass is 16.2. The fourth-order valence-corrected chi connectivity index (χ4v) is 3.81. The standard InChI is InChI=1S/C15H17NO2/c1-10-7-15(8-10)9-12(17)16-14(18)13(15)11-5-3-2-4-6-11/h2-6,10,13H,7-9H2,1H3,(H,16,17,18). The summed E-state index contributed by atoms with van der Waals surface area (Å²) in [7, 11) is 0. The zero-order valence-electron chi connectivity index (χ0n) is 10.5. The van der Waals surface area contributed by atoms with Crippen molar-refractivity contribution in [2.24, 2.45) is 11.3 Å². The molecule has 3 rings (SSSR count). The molecule has 2 aliphatic rings. The summed E-state index contributed by atoms with van der Waals surface area (Å²) in [6, 6.07) is 9.84. The molecule has 2 amide bonds. The number of imide groups is 1. The average Bonchev–Trinajstić information content (AvgIpc) is 2.27. The van der Waals surface area contributed by atoms with Crippen LogP contribution in [0.3, 0.4) is 0 Å². The Balaban J connectivity index is 1.99. The Labute approximate surface area is 107 Å². The number of piperidine rings is 1. The molecular weight excluding hydrogens is 226 g/mol. The van der Waals surface area contributed by atoms with Crippen molar-refractivity contribution in [1.29, 1.82) is 0 Å². The van der Waals surface area contributed by atoms with E-state index in [1.165, 1.54) is 0 Å². The van der Waals surface area contributed by atoms with Gasteiger partial charge in [0.1, 0.15) is 0 Å². The van der Waals surface area contributed by atoms with Gasteiger partial charge in [0.2, 0.25) is 11.8 Å². The molecule has 3 heteroatoms. The van der Waals surface area contributed by atoms with E-state index in [1.807, 2.05) is 30.3 Å². The monoisotopic (exact) mass is 243 g/mol. The quantitative estimate of drug-likeness (QED) is 0.769. The predicted octanol–water partition coefficient (Wildman–Crippen LogP) is 2.23. The van der Waals surface area contributed by atoms with Crippen molar-refractivity contribution in [3.63, 3.8) is 0 Å². The number of amides is 2. The first kappa shape index (κ1) is 11.5. The van der Waals surface area contributed by atoms with Crippen LogP contribution in [-0.2, 0) is 9.59 Å². The Morgan fingerprint density at radius 2 is 1.83 bits per heavy atom. The number of carbonyl (C=O) groups excluding carboxylic acids is 2. The average molecular weight is 243 g/mol. The molecule has 3 nitrogen and oxygen atoms in total. The van der Waals surface area contributed by atoms with E-state index >= 15 is 0 Å². The Hall–Kier alpha value is -1.64. The molecule has 2 fully saturated rings. The van der Waals surface area contributed by atoms with Gasteiger partial charge >= 0.3 is 0 Å². The maximum absolute atomic E-state index is 12.2. The van der Waals surface area contributed by atoms with Crippen molar-refractivity contribution in [3.8, 4) is 0 Å². The normalized spacial score (nSPS) is 35.2. The zero-order chi connectivity index (χ0) is 12.8. The summed E-state index contributed by atoms with van der Waals surface area (Å²) in [6.07, 6.45) is 2.44. The van der Waals surface area contributed by atoms with Crippen LogP contribution in [0.5, 0.6) is 0 Å². The highest BCUT2D eigenvalue weighted by Gasteiger charge is 2.54. The van der Waals surface area contributed by atoms with Gasteiger partial charge in [-0.2, -0.15) is 0 Å². The SMILES string of the molecule is CC1CC2(CC(=O)NC(=O)C2c2ccccc2)C1. The van der Waals surface area contributed by atoms with Gasteiger partial charge in [-0.25, -0.2) is 0 Å². The maximum Gasteiger partial charge on any atom is 0.234 e. The molecule has 1 atom stereocenters. The highest BCUT2D eigenvalue weighted by molar-refractivity contribution is 6.02. The molecule has 1 N–H and O–H groups in total. The van der Waals surface area contributed by atoms with Crippen LogP contribution in [0.2, 0.25) is 0 Å². The minimum absolute atomic E-state index is 0.112. The maximum atomic E-state index is 12.2. The van der Waals surface area contributed by atoms with E-state index in [9.17, 15) is 9.59 Å². The fraction of sp³-hybridized carbons (Fsp3) is 0.467. The molecule has 0 bridgehead atoms. The molecule has 1 aliphatic heterocycles. The summed E-state index contributed by atoms with van der Waals surface area (Å²) < 4.78 is 0. The number of benzene rings is 1. The van der Waals surface area contributed by atoms with Crippen molar-refractivity contribution < 1.29 is 9.59 Å². The Morgan fingerprint density at radius 1 is 1.17 bits per heavy atom. The molecule has 1 saturated heterocycles. The summed E-state index contributed by atoms with van der Waals surface area (Å²) >= 11 is 0. The Kier molecular flexibility index (Phi) is 2.51. The molecule has 1 saturated carbocycles. The van der Waals surface area contributed by atoms with Gasteiger partial charge in [-0.1, -0.05) is 37.3 Å². The van der Waals surface area contributed by atoms with E-state index in [1.54, 1.807) is 0 Å². The molecule has 1 aromatic rings. The second-order valence-electron chi connectivity index (χ2n) is 5.81. The number of carbonyl (C=O) groups is 2. The predicted molar refractivity (Wildman–Crippen MR) is 67.8 cm³/mol. The van der Waals surface area contributed by atoms with Gasteiger partial charge in [0.05, 0.1) is 5.92 Å². The van der Waals surface area contributed by atoms with Crippen molar-refractivity contribution in [3.05, 3.63) is 35.9 Å². The van der Waals surface area contributed by atoms with Gasteiger partial charge in [0.15, 0.2) is 0 Å². The lowest BCUT2D eigenvalue weighted by Crippen LogP contribution is -2.55. The highest BCUT2D eigenvalue weighted by Crippen LogP contribution is 2.57. The number of rotatable bonds is 1. The summed E-state index contributed by atoms with van der Waals surface area (Å²) in [5, 5.41) is 2.49. The van der Waals surface area contributed by atoms with Crippen LogP contribution >= 0.6 is 0 Å². The van der Waals surface area contributed by atoms with Crippen LogP contribution in [0.4, 0.5) is 0 Å². The Bertz CT molecular complexity index is 488. The van der Waals surface area contributed by atoms with Crippen LogP contribution in [0, 0.1) is 11.3 Å². The molecule has 0 aromatic heterocycles. The number of nitrogens with one attached hydrogen (secondary N) is 1. The van der Waals surface area contributed by atoms with Crippen LogP contribution in [0.25, 0.3) is 0 Å². The third-order valence-corrected chi connectivity index (χ3v) is 4.29. The molecular formula is C15H17NO2. The summed E-state index contributed by atoms with van der Waals surface area (Å²) in [5.41, 5.74) is 0.912. The minimum atomic E-state index is -0.160. The molecule has 1 unspecified atom stereocenters. The first-order valence-electron chi connectivity index (χ1n) is 6.49. The molecule has 1 aliphatic carbocycles. The van der Waals surface area contributed by atoms with E-state index in [2.05, 4.69) is 12.2 Å². The van der Waals surface area contributed by atoms with Crippen molar-refractivity contribution in [2.45, 2.75) is 32.1 Å². The molecule has 18 heavy (non-hydrogen) atoms. The van der Waals surface area contributed by atoms with E-state index in [4.69, 9.17) is 0 Å². The third kappa shape index (κ3) is 1.65. The van der Waals surface area contributed by atoms with E-state index < -0.39 is 0 Å². The van der Waals surface area contributed by atoms with Crippen LogP contribution in [0.15, 0.2) is 30.3 Å². The molecule has 1 spiro atoms. The lowest BCUT2D eigenvalue weighted by Gasteiger charge is -2.52. The topological polar surface area (TPSA) is 46.2 Å². The third-order valence-electron chi connectivity index (χ3n) is 4.29. The number of hydrogen-bond acceptors (Lipinski definition) is 2. The lowest BCUT2D eigenvalue weighted by molar-refractivity contribution is -0.145. The van der Waals surface area contributed by atoms with Gasteiger partial charge in [-0.3, -0.25) is 14.9 Å². The van der Waals surface area contributed by atoms with E-state index in [-0.39, 0.29) is 23.1 Å². The smallest absolute Gasteiger partial charge is 0.234 e. The van der Waals surface area contributed by atoms with E-state index in [0.29, 0.717) is 12.3 Å². The first-order valence-corrected chi connectivity index (χ1v) is 6.49. The molecule has 1 aromatic carbocycles. The van der Waals surface area contributed by atoms with Crippen molar-refractivity contribution in [1.82, 2.24) is 5.32 Å². The van der Waals surface area contributed by atoms with Gasteiger partial charge in [0, 0.05) is 6.42 Å². The first-order chi connectivity index (χ1) is 8.61. The Morgan fingerprint density at radius 3 is 2.44 bits per heavy atom. The molecule has 1 heterocycles. The second kappa shape index (κ2) is 3.94. The van der Waals surface area contributed by atoms with Gasteiger partial charge in [-0.15, -0.1) is 0 Å². The summed E-state index contributed by atoms with van der Waals surface area (Å²) in [6.45, 7) is 2.18. The largest absolute Gasteiger partial charge is 0.296 e. The zero-order valence-corrected chi connectivity index (χ0v) is 10.5. The van der Waals surface area contributed by atoms with Crippen LogP contribution < -0.4 is 5.32 Å². The summed E-state index contributed by atoms with van der Waals surface area (Å²) in [5.74, 6) is 0.228. The van der Waals surface area contributed by atoms with Crippen LogP contribution in [0.1, 0.15) is 37.7 Å². The van der Waals surface area contributed by atoms with Crippen molar-refractivity contribution >= 4 is 11.8 Å². The second-order valence-corrected chi connectivity index (χ2v) is 5.81. The number of hydrogen-bond donors (Lipinski definition) is 1.